The molecule has 0 spiro atoms. The zero-order valence-electron chi connectivity index (χ0n) is 13.0. The van der Waals surface area contributed by atoms with Crippen LogP contribution in [0.5, 0.6) is 0 Å². The molecule has 0 aromatic carbocycles. The van der Waals surface area contributed by atoms with E-state index in [1.807, 2.05) is 20.8 Å². The first-order valence-electron chi connectivity index (χ1n) is 7.48. The van der Waals surface area contributed by atoms with Crippen LogP contribution in [-0.4, -0.2) is 35.6 Å². The van der Waals surface area contributed by atoms with Gasteiger partial charge < -0.3 is 15.7 Å². The maximum Gasteiger partial charge on any atom is 0.223 e. The molecule has 5 nitrogen and oxygen atoms in total. The van der Waals surface area contributed by atoms with Gasteiger partial charge in [0, 0.05) is 25.4 Å². The first kappa shape index (κ1) is 17.0. The summed E-state index contributed by atoms with van der Waals surface area (Å²) < 4.78 is 0. The SMILES string of the molecule is CC(C)CC(C)(O)CNC(=O)CCNC(=O)C1CC1C. The highest BCUT2D eigenvalue weighted by molar-refractivity contribution is 5.82. The molecule has 116 valence electrons. The standard InChI is InChI=1S/C15H28N2O3/c1-10(2)8-15(4,20)9-17-13(18)5-6-16-14(19)12-7-11(12)3/h10-12,20H,5-9H2,1-4H3,(H,16,19)(H,17,18). The molecule has 20 heavy (non-hydrogen) atoms. The highest BCUT2D eigenvalue weighted by Crippen LogP contribution is 2.37. The molecule has 0 saturated heterocycles. The van der Waals surface area contributed by atoms with Crippen LogP contribution in [0.15, 0.2) is 0 Å². The zero-order valence-corrected chi connectivity index (χ0v) is 13.0. The van der Waals surface area contributed by atoms with Gasteiger partial charge in [0.25, 0.3) is 0 Å². The van der Waals surface area contributed by atoms with Crippen molar-refractivity contribution in [2.45, 2.75) is 52.6 Å². The lowest BCUT2D eigenvalue weighted by atomic mass is 9.94. The fourth-order valence-corrected chi connectivity index (χ4v) is 2.45. The topological polar surface area (TPSA) is 78.4 Å². The Morgan fingerprint density at radius 2 is 1.95 bits per heavy atom. The smallest absolute Gasteiger partial charge is 0.223 e. The number of carbonyl (C=O) groups excluding carboxylic acids is 2. The van der Waals surface area contributed by atoms with Gasteiger partial charge in [-0.25, -0.2) is 0 Å². The summed E-state index contributed by atoms with van der Waals surface area (Å²) in [4.78, 5) is 23.2. The van der Waals surface area contributed by atoms with E-state index in [0.29, 0.717) is 24.8 Å². The first-order chi connectivity index (χ1) is 9.21. The number of amides is 2. The van der Waals surface area contributed by atoms with Crippen LogP contribution in [0, 0.1) is 17.8 Å². The van der Waals surface area contributed by atoms with Crippen molar-refractivity contribution < 1.29 is 14.7 Å². The Kier molecular flexibility index (Phi) is 5.99. The molecular weight excluding hydrogens is 256 g/mol. The Balaban J connectivity index is 2.12. The summed E-state index contributed by atoms with van der Waals surface area (Å²) in [7, 11) is 0. The van der Waals surface area contributed by atoms with Gasteiger partial charge in [0.1, 0.15) is 0 Å². The van der Waals surface area contributed by atoms with Crippen molar-refractivity contribution in [3.05, 3.63) is 0 Å². The summed E-state index contributed by atoms with van der Waals surface area (Å²) >= 11 is 0. The van der Waals surface area contributed by atoms with Gasteiger partial charge in [0.05, 0.1) is 5.60 Å². The number of nitrogens with one attached hydrogen (secondary N) is 2. The van der Waals surface area contributed by atoms with E-state index in [4.69, 9.17) is 0 Å². The molecule has 0 bridgehead atoms. The van der Waals surface area contributed by atoms with E-state index in [1.165, 1.54) is 0 Å². The van der Waals surface area contributed by atoms with E-state index < -0.39 is 5.60 Å². The molecular formula is C15H28N2O3. The van der Waals surface area contributed by atoms with E-state index in [9.17, 15) is 14.7 Å². The van der Waals surface area contributed by atoms with E-state index >= 15 is 0 Å². The predicted molar refractivity (Wildman–Crippen MR) is 78.0 cm³/mol. The molecule has 0 aromatic rings. The van der Waals surface area contributed by atoms with Gasteiger partial charge in [-0.15, -0.1) is 0 Å². The minimum Gasteiger partial charge on any atom is -0.388 e. The minimum atomic E-state index is -0.878. The molecule has 0 aliphatic heterocycles. The van der Waals surface area contributed by atoms with Crippen LogP contribution in [0.3, 0.4) is 0 Å². The Bertz CT molecular complexity index is 353. The van der Waals surface area contributed by atoms with Crippen LogP contribution >= 0.6 is 0 Å². The quantitative estimate of drug-likeness (QED) is 0.623. The van der Waals surface area contributed by atoms with Crippen molar-refractivity contribution in [1.82, 2.24) is 10.6 Å². The maximum absolute atomic E-state index is 11.6. The first-order valence-corrected chi connectivity index (χ1v) is 7.48. The highest BCUT2D eigenvalue weighted by atomic mass is 16.3. The third kappa shape index (κ3) is 6.37. The van der Waals surface area contributed by atoms with Crippen molar-refractivity contribution in [3.8, 4) is 0 Å². The fourth-order valence-electron chi connectivity index (χ4n) is 2.45. The molecule has 1 aliphatic rings. The van der Waals surface area contributed by atoms with Crippen molar-refractivity contribution in [2.75, 3.05) is 13.1 Å². The average molecular weight is 284 g/mol. The number of hydrogen-bond acceptors (Lipinski definition) is 3. The maximum atomic E-state index is 11.6. The van der Waals surface area contributed by atoms with Crippen molar-refractivity contribution >= 4 is 11.8 Å². The van der Waals surface area contributed by atoms with Crippen LogP contribution in [0.1, 0.15) is 47.0 Å². The van der Waals surface area contributed by atoms with E-state index in [-0.39, 0.29) is 30.7 Å². The minimum absolute atomic E-state index is 0.0529. The molecule has 0 heterocycles. The van der Waals surface area contributed by atoms with Gasteiger partial charge in [-0.3, -0.25) is 9.59 Å². The predicted octanol–water partition coefficient (Wildman–Crippen LogP) is 1.06. The molecule has 1 fully saturated rings. The van der Waals surface area contributed by atoms with Gasteiger partial charge in [-0.1, -0.05) is 20.8 Å². The lowest BCUT2D eigenvalue weighted by molar-refractivity contribution is -0.123. The highest BCUT2D eigenvalue weighted by Gasteiger charge is 2.38. The number of rotatable bonds is 8. The zero-order chi connectivity index (χ0) is 15.3. The van der Waals surface area contributed by atoms with Crippen LogP contribution in [0.25, 0.3) is 0 Å². The van der Waals surface area contributed by atoms with Crippen molar-refractivity contribution in [2.24, 2.45) is 17.8 Å². The van der Waals surface area contributed by atoms with Gasteiger partial charge in [0.2, 0.25) is 11.8 Å². The monoisotopic (exact) mass is 284 g/mol. The van der Waals surface area contributed by atoms with Crippen LogP contribution in [0.4, 0.5) is 0 Å². The number of carbonyl (C=O) groups is 2. The van der Waals surface area contributed by atoms with E-state index in [1.54, 1.807) is 6.92 Å². The van der Waals surface area contributed by atoms with Crippen LogP contribution in [-0.2, 0) is 9.59 Å². The lowest BCUT2D eigenvalue weighted by Crippen LogP contribution is -2.42. The molecule has 1 aliphatic carbocycles. The normalized spacial score (nSPS) is 24.1. The molecule has 0 aromatic heterocycles. The Hall–Kier alpha value is -1.10. The summed E-state index contributed by atoms with van der Waals surface area (Å²) in [5.74, 6) is 0.914. The Morgan fingerprint density at radius 3 is 2.45 bits per heavy atom. The average Bonchev–Trinajstić information content (AvgIpc) is 3.02. The van der Waals surface area contributed by atoms with Gasteiger partial charge in [-0.2, -0.15) is 0 Å². The second-order valence-electron chi connectivity index (χ2n) is 6.73. The van der Waals surface area contributed by atoms with Gasteiger partial charge in [-0.05, 0) is 31.6 Å². The lowest BCUT2D eigenvalue weighted by Gasteiger charge is -2.25. The van der Waals surface area contributed by atoms with Gasteiger partial charge >= 0.3 is 0 Å². The molecule has 1 rings (SSSR count). The van der Waals surface area contributed by atoms with E-state index in [2.05, 4.69) is 10.6 Å². The largest absolute Gasteiger partial charge is 0.388 e. The third-order valence-corrected chi connectivity index (χ3v) is 3.61. The second-order valence-corrected chi connectivity index (χ2v) is 6.73. The fraction of sp³-hybridized carbons (Fsp3) is 0.867. The molecule has 3 atom stereocenters. The molecule has 5 heteroatoms. The molecule has 3 N–H and O–H groups in total. The van der Waals surface area contributed by atoms with Crippen molar-refractivity contribution in [1.29, 1.82) is 0 Å². The summed E-state index contributed by atoms with van der Waals surface area (Å²) in [6.45, 7) is 8.45. The number of hydrogen-bond donors (Lipinski definition) is 3. The molecule has 2 amide bonds. The molecule has 0 radical (unpaired) electrons. The van der Waals surface area contributed by atoms with Crippen LogP contribution < -0.4 is 10.6 Å². The Morgan fingerprint density at radius 1 is 1.35 bits per heavy atom. The summed E-state index contributed by atoms with van der Waals surface area (Å²) in [6, 6.07) is 0. The summed E-state index contributed by atoms with van der Waals surface area (Å²) in [5, 5.41) is 15.6. The number of aliphatic hydroxyl groups is 1. The Labute approximate surface area is 121 Å². The molecule has 1 saturated carbocycles. The van der Waals surface area contributed by atoms with Crippen LogP contribution in [0.2, 0.25) is 0 Å². The summed E-state index contributed by atoms with van der Waals surface area (Å²) in [5.41, 5.74) is -0.878. The molecule has 3 unspecified atom stereocenters. The van der Waals surface area contributed by atoms with Crippen molar-refractivity contribution in [3.63, 3.8) is 0 Å². The summed E-state index contributed by atoms with van der Waals surface area (Å²) in [6.07, 6.45) is 1.85. The van der Waals surface area contributed by atoms with E-state index in [0.717, 1.165) is 6.42 Å². The third-order valence-electron chi connectivity index (χ3n) is 3.61. The van der Waals surface area contributed by atoms with Gasteiger partial charge in [0.15, 0.2) is 0 Å². The second kappa shape index (κ2) is 7.07.